The minimum absolute atomic E-state index is 0.210. The highest BCUT2D eigenvalue weighted by atomic mass is 16.5. The number of carboxylic acids is 1. The molecule has 4 heteroatoms. The SMILES string of the molecule is CO[C@@H]1CC[C@@]2(C)[C@H](CC(=O)[C@@H]3[C@@H]2CC[C@]2(C)[C@@H]([C@H](C)CCC(=O)O)CC[C@@H]32)C1. The Morgan fingerprint density at radius 3 is 2.52 bits per heavy atom. The van der Waals surface area contributed by atoms with E-state index in [9.17, 15) is 9.59 Å². The van der Waals surface area contributed by atoms with Gasteiger partial charge in [0.05, 0.1) is 6.10 Å². The number of carbonyl (C=O) groups excluding carboxylic acids is 1. The van der Waals surface area contributed by atoms with E-state index in [1.165, 1.54) is 25.7 Å². The summed E-state index contributed by atoms with van der Waals surface area (Å²) in [6, 6.07) is 0. The molecule has 0 unspecified atom stereocenters. The predicted molar refractivity (Wildman–Crippen MR) is 112 cm³/mol. The fourth-order valence-electron chi connectivity index (χ4n) is 8.63. The van der Waals surface area contributed by atoms with Crippen molar-refractivity contribution in [3.8, 4) is 0 Å². The van der Waals surface area contributed by atoms with Crippen molar-refractivity contribution in [2.24, 2.45) is 46.3 Å². The molecule has 0 bridgehead atoms. The van der Waals surface area contributed by atoms with Gasteiger partial charge in [0, 0.05) is 25.9 Å². The second-order valence-electron chi connectivity index (χ2n) is 11.4. The summed E-state index contributed by atoms with van der Waals surface area (Å²) in [5.74, 6) is 2.61. The average molecular weight is 405 g/mol. The number of hydrogen-bond acceptors (Lipinski definition) is 3. The van der Waals surface area contributed by atoms with Gasteiger partial charge in [0.1, 0.15) is 5.78 Å². The summed E-state index contributed by atoms with van der Waals surface area (Å²) in [6.45, 7) is 7.17. The van der Waals surface area contributed by atoms with E-state index in [0.717, 1.165) is 32.1 Å². The molecule has 4 fully saturated rings. The van der Waals surface area contributed by atoms with E-state index in [1.54, 1.807) is 0 Å². The van der Waals surface area contributed by atoms with Crippen LogP contribution >= 0.6 is 0 Å². The second kappa shape index (κ2) is 7.66. The second-order valence-corrected chi connectivity index (χ2v) is 11.4. The Labute approximate surface area is 176 Å². The first-order valence-electron chi connectivity index (χ1n) is 12.0. The Balaban J connectivity index is 1.55. The van der Waals surface area contributed by atoms with Crippen LogP contribution in [0.15, 0.2) is 0 Å². The zero-order valence-corrected chi connectivity index (χ0v) is 18.8. The molecule has 0 saturated heterocycles. The minimum Gasteiger partial charge on any atom is -0.481 e. The number of ether oxygens (including phenoxy) is 1. The average Bonchev–Trinajstić information content (AvgIpc) is 3.03. The number of fused-ring (bicyclic) bond motifs is 5. The van der Waals surface area contributed by atoms with Crippen LogP contribution in [0.4, 0.5) is 0 Å². The van der Waals surface area contributed by atoms with Crippen molar-refractivity contribution in [3.63, 3.8) is 0 Å². The maximum Gasteiger partial charge on any atom is 0.303 e. The fourth-order valence-corrected chi connectivity index (χ4v) is 8.63. The maximum absolute atomic E-state index is 13.5. The van der Waals surface area contributed by atoms with Crippen LogP contribution in [0.1, 0.15) is 85.0 Å². The predicted octanol–water partition coefficient (Wildman–Crippen LogP) is 5.34. The third kappa shape index (κ3) is 3.38. The van der Waals surface area contributed by atoms with E-state index >= 15 is 0 Å². The van der Waals surface area contributed by atoms with Gasteiger partial charge >= 0.3 is 5.97 Å². The summed E-state index contributed by atoms with van der Waals surface area (Å²) in [5, 5.41) is 9.11. The molecule has 29 heavy (non-hydrogen) atoms. The Morgan fingerprint density at radius 1 is 1.14 bits per heavy atom. The molecule has 0 aromatic carbocycles. The van der Waals surface area contributed by atoms with Gasteiger partial charge in [-0.1, -0.05) is 20.8 Å². The first-order chi connectivity index (χ1) is 13.7. The number of aliphatic carboxylic acids is 1. The van der Waals surface area contributed by atoms with E-state index in [4.69, 9.17) is 9.84 Å². The van der Waals surface area contributed by atoms with Gasteiger partial charge < -0.3 is 9.84 Å². The summed E-state index contributed by atoms with van der Waals surface area (Å²) in [5.41, 5.74) is 0.504. The molecule has 4 aliphatic carbocycles. The van der Waals surface area contributed by atoms with Crippen molar-refractivity contribution in [3.05, 3.63) is 0 Å². The molecule has 9 atom stereocenters. The van der Waals surface area contributed by atoms with Crippen molar-refractivity contribution in [2.75, 3.05) is 7.11 Å². The van der Waals surface area contributed by atoms with Crippen LogP contribution < -0.4 is 0 Å². The molecule has 0 aromatic rings. The van der Waals surface area contributed by atoms with Gasteiger partial charge in [0.2, 0.25) is 0 Å². The van der Waals surface area contributed by atoms with Crippen molar-refractivity contribution in [1.29, 1.82) is 0 Å². The zero-order valence-electron chi connectivity index (χ0n) is 18.8. The number of Topliss-reactive ketones (excluding diaryl/α,β-unsaturated/α-hetero) is 1. The van der Waals surface area contributed by atoms with Crippen molar-refractivity contribution >= 4 is 11.8 Å². The van der Waals surface area contributed by atoms with E-state index in [2.05, 4.69) is 20.8 Å². The quantitative estimate of drug-likeness (QED) is 0.672. The summed E-state index contributed by atoms with van der Waals surface area (Å²) in [4.78, 5) is 24.6. The molecule has 4 aliphatic rings. The highest BCUT2D eigenvalue weighted by Gasteiger charge is 2.63. The lowest BCUT2D eigenvalue weighted by atomic mass is 9.44. The minimum atomic E-state index is -0.687. The van der Waals surface area contributed by atoms with Crippen LogP contribution in [0.5, 0.6) is 0 Å². The summed E-state index contributed by atoms with van der Waals surface area (Å²) in [6.07, 6.45) is 10.2. The highest BCUT2D eigenvalue weighted by Crippen LogP contribution is 2.67. The van der Waals surface area contributed by atoms with Crippen LogP contribution in [0, 0.1) is 46.3 Å². The fraction of sp³-hybridized carbons (Fsp3) is 0.920. The van der Waals surface area contributed by atoms with Gasteiger partial charge in [-0.2, -0.15) is 0 Å². The van der Waals surface area contributed by atoms with Crippen LogP contribution in [-0.2, 0) is 14.3 Å². The van der Waals surface area contributed by atoms with Crippen LogP contribution in [0.25, 0.3) is 0 Å². The molecule has 4 nitrogen and oxygen atoms in total. The number of rotatable bonds is 5. The van der Waals surface area contributed by atoms with E-state index in [0.29, 0.717) is 46.9 Å². The van der Waals surface area contributed by atoms with Crippen molar-refractivity contribution < 1.29 is 19.4 Å². The monoisotopic (exact) mass is 404 g/mol. The van der Waals surface area contributed by atoms with Crippen LogP contribution in [0.3, 0.4) is 0 Å². The van der Waals surface area contributed by atoms with Crippen molar-refractivity contribution in [1.82, 2.24) is 0 Å². The molecule has 0 heterocycles. The number of methoxy groups -OCH3 is 1. The van der Waals surface area contributed by atoms with Gasteiger partial charge in [-0.25, -0.2) is 0 Å². The van der Waals surface area contributed by atoms with Gasteiger partial charge in [-0.15, -0.1) is 0 Å². The molecule has 0 aliphatic heterocycles. The summed E-state index contributed by atoms with van der Waals surface area (Å²) >= 11 is 0. The van der Waals surface area contributed by atoms with E-state index in [1.807, 2.05) is 7.11 Å². The first kappa shape index (κ1) is 21.3. The van der Waals surface area contributed by atoms with Gasteiger partial charge in [-0.05, 0) is 91.8 Å². The molecule has 0 aromatic heterocycles. The topological polar surface area (TPSA) is 63.6 Å². The third-order valence-electron chi connectivity index (χ3n) is 10.3. The molecule has 0 amide bonds. The molecular weight excluding hydrogens is 364 g/mol. The lowest BCUT2D eigenvalue weighted by molar-refractivity contribution is -0.162. The number of hydrogen-bond donors (Lipinski definition) is 1. The van der Waals surface area contributed by atoms with E-state index in [-0.39, 0.29) is 17.8 Å². The highest BCUT2D eigenvalue weighted by molar-refractivity contribution is 5.83. The van der Waals surface area contributed by atoms with Crippen LogP contribution in [0.2, 0.25) is 0 Å². The normalized spacial score (nSPS) is 47.8. The standard InChI is InChI=1S/C25H40O4/c1-15(5-8-22(27)28)18-6-7-19-23-20(10-12-25(18,19)3)24(2)11-9-17(29-4)13-16(24)14-21(23)26/h15-20,23H,5-14H2,1-4H3,(H,27,28)/t15-,16+,17-,18-,19+,20+,23+,24+,25-/m1/s1. The summed E-state index contributed by atoms with van der Waals surface area (Å²) in [7, 11) is 1.82. The van der Waals surface area contributed by atoms with Crippen LogP contribution in [-0.4, -0.2) is 30.1 Å². The third-order valence-corrected chi connectivity index (χ3v) is 10.3. The molecule has 4 rings (SSSR count). The smallest absolute Gasteiger partial charge is 0.303 e. The molecular formula is C25H40O4. The van der Waals surface area contributed by atoms with Gasteiger partial charge in [0.25, 0.3) is 0 Å². The largest absolute Gasteiger partial charge is 0.481 e. The van der Waals surface area contributed by atoms with Crippen molar-refractivity contribution in [2.45, 2.75) is 91.1 Å². The molecule has 0 radical (unpaired) electrons. The number of carboxylic acid groups (broad SMARTS) is 1. The Kier molecular flexibility index (Phi) is 5.63. The summed E-state index contributed by atoms with van der Waals surface area (Å²) < 4.78 is 5.67. The number of carbonyl (C=O) groups is 2. The van der Waals surface area contributed by atoms with Gasteiger partial charge in [0.15, 0.2) is 0 Å². The Hall–Kier alpha value is -0.900. The molecule has 0 spiro atoms. The molecule has 1 N–H and O–H groups in total. The van der Waals surface area contributed by atoms with E-state index < -0.39 is 5.97 Å². The molecule has 4 saturated carbocycles. The lowest BCUT2D eigenvalue weighted by Crippen LogP contribution is -2.57. The molecule has 164 valence electrons. The maximum atomic E-state index is 13.5. The lowest BCUT2D eigenvalue weighted by Gasteiger charge is -2.60. The zero-order chi connectivity index (χ0) is 21.0. The Bertz CT molecular complexity index is 659. The number of ketones is 1. The Morgan fingerprint density at radius 2 is 1.83 bits per heavy atom. The first-order valence-corrected chi connectivity index (χ1v) is 12.0. The van der Waals surface area contributed by atoms with Gasteiger partial charge in [-0.3, -0.25) is 9.59 Å².